The van der Waals surface area contributed by atoms with E-state index >= 15 is 0 Å². The summed E-state index contributed by atoms with van der Waals surface area (Å²) in [6.07, 6.45) is 0.350. The summed E-state index contributed by atoms with van der Waals surface area (Å²) in [7, 11) is 1.59. The van der Waals surface area contributed by atoms with Crippen molar-refractivity contribution < 1.29 is 14.3 Å². The SMILES string of the molecule is COC(Oc1ccc(C=O)cc1)c1ccccc1. The van der Waals surface area contributed by atoms with Crippen molar-refractivity contribution in [3.8, 4) is 5.75 Å². The Labute approximate surface area is 106 Å². The smallest absolute Gasteiger partial charge is 0.226 e. The Bertz CT molecular complexity index is 491. The van der Waals surface area contributed by atoms with E-state index in [1.165, 1.54) is 0 Å². The standard InChI is InChI=1S/C15H14O3/c1-17-15(13-5-3-2-4-6-13)18-14-9-7-12(11-16)8-10-14/h2-11,15H,1H3. The maximum atomic E-state index is 10.6. The zero-order chi connectivity index (χ0) is 12.8. The van der Waals surface area contributed by atoms with Crippen molar-refractivity contribution in [2.24, 2.45) is 0 Å². The monoisotopic (exact) mass is 242 g/mol. The number of carbonyl (C=O) groups is 1. The van der Waals surface area contributed by atoms with Gasteiger partial charge in [-0.25, -0.2) is 0 Å². The molecule has 0 bridgehead atoms. The third-order valence-corrected chi connectivity index (χ3v) is 2.55. The molecule has 0 amide bonds. The van der Waals surface area contributed by atoms with Crippen molar-refractivity contribution in [3.05, 3.63) is 65.7 Å². The van der Waals surface area contributed by atoms with E-state index in [9.17, 15) is 4.79 Å². The van der Waals surface area contributed by atoms with E-state index in [1.807, 2.05) is 30.3 Å². The van der Waals surface area contributed by atoms with Gasteiger partial charge in [0.1, 0.15) is 12.0 Å². The van der Waals surface area contributed by atoms with E-state index < -0.39 is 6.29 Å². The lowest BCUT2D eigenvalue weighted by Crippen LogP contribution is -2.09. The predicted molar refractivity (Wildman–Crippen MR) is 68.6 cm³/mol. The molecule has 0 spiro atoms. The maximum Gasteiger partial charge on any atom is 0.226 e. The highest BCUT2D eigenvalue weighted by atomic mass is 16.7. The van der Waals surface area contributed by atoms with Gasteiger partial charge in [-0.2, -0.15) is 0 Å². The molecule has 92 valence electrons. The van der Waals surface area contributed by atoms with E-state index in [-0.39, 0.29) is 0 Å². The Hall–Kier alpha value is -2.13. The molecule has 2 aromatic rings. The molecular formula is C15H14O3. The normalized spacial score (nSPS) is 11.8. The maximum absolute atomic E-state index is 10.6. The second-order valence-electron chi connectivity index (χ2n) is 3.78. The first-order valence-electron chi connectivity index (χ1n) is 5.63. The Kier molecular flexibility index (Phi) is 4.10. The number of aldehydes is 1. The number of hydrogen-bond donors (Lipinski definition) is 0. The van der Waals surface area contributed by atoms with E-state index in [0.29, 0.717) is 11.3 Å². The minimum atomic E-state index is -0.451. The van der Waals surface area contributed by atoms with Gasteiger partial charge in [0, 0.05) is 18.2 Å². The summed E-state index contributed by atoms with van der Waals surface area (Å²) in [6, 6.07) is 16.6. The molecule has 0 saturated carbocycles. The van der Waals surface area contributed by atoms with Crippen LogP contribution in [0.1, 0.15) is 22.2 Å². The number of rotatable bonds is 5. The first kappa shape index (κ1) is 12.3. The minimum Gasteiger partial charge on any atom is -0.461 e. The number of carbonyl (C=O) groups excluding carboxylic acids is 1. The van der Waals surface area contributed by atoms with Crippen LogP contribution in [0.4, 0.5) is 0 Å². The lowest BCUT2D eigenvalue weighted by molar-refractivity contribution is -0.0562. The summed E-state index contributed by atoms with van der Waals surface area (Å²) in [4.78, 5) is 10.6. The van der Waals surface area contributed by atoms with Crippen LogP contribution in [-0.2, 0) is 4.74 Å². The summed E-state index contributed by atoms with van der Waals surface area (Å²) in [5.41, 5.74) is 1.57. The molecule has 0 heterocycles. The van der Waals surface area contributed by atoms with Crippen LogP contribution in [0.25, 0.3) is 0 Å². The molecule has 3 nitrogen and oxygen atoms in total. The van der Waals surface area contributed by atoms with Gasteiger partial charge in [-0.3, -0.25) is 4.79 Å². The fraction of sp³-hybridized carbons (Fsp3) is 0.133. The lowest BCUT2D eigenvalue weighted by atomic mass is 10.2. The number of hydrogen-bond acceptors (Lipinski definition) is 3. The summed E-state index contributed by atoms with van der Waals surface area (Å²) in [6.45, 7) is 0. The molecule has 0 aromatic heterocycles. The van der Waals surface area contributed by atoms with E-state index in [2.05, 4.69) is 0 Å². The fourth-order valence-corrected chi connectivity index (χ4v) is 1.61. The number of benzene rings is 2. The van der Waals surface area contributed by atoms with Crippen LogP contribution in [-0.4, -0.2) is 13.4 Å². The number of methoxy groups -OCH3 is 1. The van der Waals surface area contributed by atoms with Crippen LogP contribution in [0, 0.1) is 0 Å². The van der Waals surface area contributed by atoms with Crippen molar-refractivity contribution in [2.75, 3.05) is 7.11 Å². The van der Waals surface area contributed by atoms with Gasteiger partial charge < -0.3 is 9.47 Å². The largest absolute Gasteiger partial charge is 0.461 e. The third-order valence-electron chi connectivity index (χ3n) is 2.55. The highest BCUT2D eigenvalue weighted by Crippen LogP contribution is 2.22. The Balaban J connectivity index is 2.12. The van der Waals surface area contributed by atoms with Crippen LogP contribution in [0.15, 0.2) is 54.6 Å². The van der Waals surface area contributed by atoms with Crippen LogP contribution < -0.4 is 4.74 Å². The van der Waals surface area contributed by atoms with Crippen LogP contribution >= 0.6 is 0 Å². The molecule has 0 aliphatic carbocycles. The van der Waals surface area contributed by atoms with Gasteiger partial charge in [-0.15, -0.1) is 0 Å². The van der Waals surface area contributed by atoms with Crippen LogP contribution in [0.3, 0.4) is 0 Å². The fourth-order valence-electron chi connectivity index (χ4n) is 1.61. The first-order chi connectivity index (χ1) is 8.83. The van der Waals surface area contributed by atoms with E-state index in [4.69, 9.17) is 9.47 Å². The van der Waals surface area contributed by atoms with E-state index in [1.54, 1.807) is 31.4 Å². The Morgan fingerprint density at radius 1 is 1.00 bits per heavy atom. The molecular weight excluding hydrogens is 228 g/mol. The average molecular weight is 242 g/mol. The van der Waals surface area contributed by atoms with Crippen molar-refractivity contribution in [3.63, 3.8) is 0 Å². The quantitative estimate of drug-likeness (QED) is 0.596. The van der Waals surface area contributed by atoms with Gasteiger partial charge in [-0.1, -0.05) is 30.3 Å². The van der Waals surface area contributed by atoms with Crippen molar-refractivity contribution in [1.82, 2.24) is 0 Å². The van der Waals surface area contributed by atoms with Gasteiger partial charge in [-0.05, 0) is 24.3 Å². The Morgan fingerprint density at radius 3 is 2.22 bits per heavy atom. The summed E-state index contributed by atoms with van der Waals surface area (Å²) < 4.78 is 11.0. The van der Waals surface area contributed by atoms with Gasteiger partial charge in [0.05, 0.1) is 0 Å². The van der Waals surface area contributed by atoms with Crippen molar-refractivity contribution in [2.45, 2.75) is 6.29 Å². The molecule has 0 saturated heterocycles. The summed E-state index contributed by atoms with van der Waals surface area (Å²) in [5, 5.41) is 0. The molecule has 1 unspecified atom stereocenters. The molecule has 2 rings (SSSR count). The van der Waals surface area contributed by atoms with Crippen LogP contribution in [0.2, 0.25) is 0 Å². The van der Waals surface area contributed by atoms with Crippen LogP contribution in [0.5, 0.6) is 5.75 Å². The van der Waals surface area contributed by atoms with Crippen molar-refractivity contribution >= 4 is 6.29 Å². The van der Waals surface area contributed by atoms with Gasteiger partial charge >= 0.3 is 0 Å². The molecule has 0 aliphatic heterocycles. The van der Waals surface area contributed by atoms with Gasteiger partial charge in [0.15, 0.2) is 0 Å². The molecule has 0 aliphatic rings. The Morgan fingerprint density at radius 2 is 1.67 bits per heavy atom. The lowest BCUT2D eigenvalue weighted by Gasteiger charge is -2.17. The van der Waals surface area contributed by atoms with Crippen molar-refractivity contribution in [1.29, 1.82) is 0 Å². The zero-order valence-electron chi connectivity index (χ0n) is 10.1. The topological polar surface area (TPSA) is 35.5 Å². The second kappa shape index (κ2) is 5.98. The van der Waals surface area contributed by atoms with Gasteiger partial charge in [0.2, 0.25) is 6.29 Å². The highest BCUT2D eigenvalue weighted by molar-refractivity contribution is 5.74. The molecule has 2 aromatic carbocycles. The number of ether oxygens (including phenoxy) is 2. The molecule has 1 atom stereocenters. The molecule has 18 heavy (non-hydrogen) atoms. The highest BCUT2D eigenvalue weighted by Gasteiger charge is 2.11. The average Bonchev–Trinajstić information content (AvgIpc) is 2.46. The third kappa shape index (κ3) is 2.96. The summed E-state index contributed by atoms with van der Waals surface area (Å²) >= 11 is 0. The molecule has 0 radical (unpaired) electrons. The van der Waals surface area contributed by atoms with Gasteiger partial charge in [0.25, 0.3) is 0 Å². The van der Waals surface area contributed by atoms with E-state index in [0.717, 1.165) is 11.8 Å². The molecule has 0 N–H and O–H groups in total. The second-order valence-corrected chi connectivity index (χ2v) is 3.78. The zero-order valence-corrected chi connectivity index (χ0v) is 10.1. The molecule has 0 fully saturated rings. The summed E-state index contributed by atoms with van der Waals surface area (Å²) in [5.74, 6) is 0.663. The minimum absolute atomic E-state index is 0.451. The molecule has 3 heteroatoms. The predicted octanol–water partition coefficient (Wildman–Crippen LogP) is 3.22. The first-order valence-corrected chi connectivity index (χ1v) is 5.63.